The van der Waals surface area contributed by atoms with Gasteiger partial charge in [0.25, 0.3) is 0 Å². The van der Waals surface area contributed by atoms with Gasteiger partial charge in [-0.25, -0.2) is 0 Å². The number of nitriles is 2. The Hall–Kier alpha value is -1.04. The maximum Gasteiger partial charge on any atom is 0.136 e. The summed E-state index contributed by atoms with van der Waals surface area (Å²) in [7, 11) is 0. The molecule has 1 aromatic rings. The minimum absolute atomic E-state index is 0.00248. The van der Waals surface area contributed by atoms with Gasteiger partial charge in [0.1, 0.15) is 17.9 Å². The SMILES string of the molecule is CC(C)Oc1cc(C#N)c(C#N)c(Br)c1Br. The van der Waals surface area contributed by atoms with Crippen molar-refractivity contribution in [2.45, 2.75) is 20.0 Å². The van der Waals surface area contributed by atoms with Gasteiger partial charge in [0.2, 0.25) is 0 Å². The Kier molecular flexibility index (Phi) is 4.35. The first kappa shape index (κ1) is 13.0. The zero-order valence-corrected chi connectivity index (χ0v) is 11.9. The molecule has 82 valence electrons. The molecule has 1 rings (SSSR count). The van der Waals surface area contributed by atoms with Gasteiger partial charge >= 0.3 is 0 Å². The second-order valence-electron chi connectivity index (χ2n) is 3.32. The maximum absolute atomic E-state index is 8.93. The van der Waals surface area contributed by atoms with Crippen molar-refractivity contribution in [2.24, 2.45) is 0 Å². The molecule has 0 saturated carbocycles. The number of nitrogens with zero attached hydrogens (tertiary/aromatic N) is 2. The fourth-order valence-corrected chi connectivity index (χ4v) is 2.04. The first-order chi connectivity index (χ1) is 7.51. The summed E-state index contributed by atoms with van der Waals surface area (Å²) >= 11 is 6.60. The Balaban J connectivity index is 3.42. The van der Waals surface area contributed by atoms with Crippen LogP contribution in [0, 0.1) is 22.7 Å². The molecular weight excluding hydrogens is 336 g/mol. The van der Waals surface area contributed by atoms with Gasteiger partial charge in [0.15, 0.2) is 0 Å². The van der Waals surface area contributed by atoms with Gasteiger partial charge in [-0.05, 0) is 45.7 Å². The Morgan fingerprint density at radius 1 is 1.19 bits per heavy atom. The van der Waals surface area contributed by atoms with Crippen molar-refractivity contribution in [3.63, 3.8) is 0 Å². The molecule has 0 radical (unpaired) electrons. The third kappa shape index (κ3) is 2.55. The van der Waals surface area contributed by atoms with E-state index in [4.69, 9.17) is 15.3 Å². The molecule has 0 aromatic heterocycles. The molecule has 0 aliphatic carbocycles. The highest BCUT2D eigenvalue weighted by molar-refractivity contribution is 9.13. The van der Waals surface area contributed by atoms with Crippen LogP contribution >= 0.6 is 31.9 Å². The molecule has 0 spiro atoms. The minimum Gasteiger partial charge on any atom is -0.490 e. The summed E-state index contributed by atoms with van der Waals surface area (Å²) in [6.45, 7) is 3.79. The quantitative estimate of drug-likeness (QED) is 0.821. The van der Waals surface area contributed by atoms with Gasteiger partial charge in [-0.2, -0.15) is 10.5 Å². The number of halogens is 2. The summed E-state index contributed by atoms with van der Waals surface area (Å²) in [6, 6.07) is 5.52. The molecule has 0 atom stereocenters. The molecule has 0 heterocycles. The predicted octanol–water partition coefficient (Wildman–Crippen LogP) is 3.74. The van der Waals surface area contributed by atoms with Crippen molar-refractivity contribution in [3.8, 4) is 17.9 Å². The van der Waals surface area contributed by atoms with E-state index in [0.29, 0.717) is 25.8 Å². The molecule has 16 heavy (non-hydrogen) atoms. The largest absolute Gasteiger partial charge is 0.490 e. The Labute approximate surface area is 111 Å². The lowest BCUT2D eigenvalue weighted by molar-refractivity contribution is 0.240. The predicted molar refractivity (Wildman–Crippen MR) is 67.0 cm³/mol. The van der Waals surface area contributed by atoms with E-state index in [0.717, 1.165) is 0 Å². The molecule has 0 fully saturated rings. The van der Waals surface area contributed by atoms with E-state index in [2.05, 4.69) is 31.9 Å². The molecule has 0 N–H and O–H groups in total. The first-order valence-corrected chi connectivity index (χ1v) is 6.08. The topological polar surface area (TPSA) is 56.8 Å². The second-order valence-corrected chi connectivity index (χ2v) is 4.90. The number of benzene rings is 1. The lowest BCUT2D eigenvalue weighted by Crippen LogP contribution is -2.07. The normalized spacial score (nSPS) is 9.69. The standard InChI is InChI=1S/C11H8Br2N2O/c1-6(2)16-9-3-7(4-14)8(5-15)10(12)11(9)13/h3,6H,1-2H3. The highest BCUT2D eigenvalue weighted by Gasteiger charge is 2.16. The molecule has 0 saturated heterocycles. The fraction of sp³-hybridized carbons (Fsp3) is 0.273. The Bertz CT molecular complexity index is 498. The second kappa shape index (κ2) is 5.34. The van der Waals surface area contributed by atoms with E-state index < -0.39 is 0 Å². The zero-order chi connectivity index (χ0) is 12.3. The van der Waals surface area contributed by atoms with Gasteiger partial charge in [-0.1, -0.05) is 0 Å². The number of ether oxygens (including phenoxy) is 1. The van der Waals surface area contributed by atoms with Gasteiger partial charge in [-0.3, -0.25) is 0 Å². The Morgan fingerprint density at radius 3 is 2.25 bits per heavy atom. The summed E-state index contributed by atoms with van der Waals surface area (Å²) in [6.07, 6.45) is 0.00248. The smallest absolute Gasteiger partial charge is 0.136 e. The fourth-order valence-electron chi connectivity index (χ4n) is 1.14. The molecule has 0 unspecified atom stereocenters. The summed E-state index contributed by atoms with van der Waals surface area (Å²) in [5.74, 6) is 0.553. The van der Waals surface area contributed by atoms with Crippen molar-refractivity contribution in [1.82, 2.24) is 0 Å². The minimum atomic E-state index is 0.00248. The number of hydrogen-bond donors (Lipinski definition) is 0. The van der Waals surface area contributed by atoms with E-state index in [1.807, 2.05) is 26.0 Å². The van der Waals surface area contributed by atoms with E-state index in [1.54, 1.807) is 6.07 Å². The Morgan fingerprint density at radius 2 is 1.81 bits per heavy atom. The lowest BCUT2D eigenvalue weighted by atomic mass is 10.1. The van der Waals surface area contributed by atoms with Gasteiger partial charge in [0.05, 0.1) is 26.2 Å². The van der Waals surface area contributed by atoms with E-state index >= 15 is 0 Å². The highest BCUT2D eigenvalue weighted by Crippen LogP contribution is 2.37. The van der Waals surface area contributed by atoms with Gasteiger partial charge < -0.3 is 4.74 Å². The average molecular weight is 344 g/mol. The van der Waals surface area contributed by atoms with Crippen LogP contribution in [0.3, 0.4) is 0 Å². The van der Waals surface area contributed by atoms with Crippen LogP contribution in [0.15, 0.2) is 15.0 Å². The van der Waals surface area contributed by atoms with Crippen LogP contribution in [0.1, 0.15) is 25.0 Å². The summed E-state index contributed by atoms with van der Waals surface area (Å²) in [5, 5.41) is 17.9. The van der Waals surface area contributed by atoms with E-state index in [-0.39, 0.29) is 6.10 Å². The summed E-state index contributed by atoms with van der Waals surface area (Å²) in [4.78, 5) is 0. The molecular formula is C11H8Br2N2O. The van der Waals surface area contributed by atoms with E-state index in [1.165, 1.54) is 0 Å². The average Bonchev–Trinajstić information content (AvgIpc) is 2.24. The van der Waals surface area contributed by atoms with Crippen LogP contribution < -0.4 is 4.74 Å². The molecule has 5 heteroatoms. The maximum atomic E-state index is 8.93. The monoisotopic (exact) mass is 342 g/mol. The molecule has 0 bridgehead atoms. The summed E-state index contributed by atoms with van der Waals surface area (Å²) < 4.78 is 6.73. The highest BCUT2D eigenvalue weighted by atomic mass is 79.9. The van der Waals surface area contributed by atoms with Gasteiger partial charge in [-0.15, -0.1) is 0 Å². The third-order valence-corrected chi connectivity index (χ3v) is 3.88. The number of hydrogen-bond acceptors (Lipinski definition) is 3. The van der Waals surface area contributed by atoms with E-state index in [9.17, 15) is 0 Å². The van der Waals surface area contributed by atoms with Crippen LogP contribution in [-0.4, -0.2) is 6.10 Å². The number of rotatable bonds is 2. The van der Waals surface area contributed by atoms with Crippen LogP contribution in [0.25, 0.3) is 0 Å². The van der Waals surface area contributed by atoms with Gasteiger partial charge in [0, 0.05) is 6.07 Å². The molecule has 0 aliphatic rings. The third-order valence-electron chi connectivity index (χ3n) is 1.77. The van der Waals surface area contributed by atoms with Crippen LogP contribution in [0.5, 0.6) is 5.75 Å². The molecule has 0 amide bonds. The van der Waals surface area contributed by atoms with Crippen LogP contribution in [0.4, 0.5) is 0 Å². The molecule has 0 aliphatic heterocycles. The zero-order valence-electron chi connectivity index (χ0n) is 8.71. The van der Waals surface area contributed by atoms with Crippen molar-refractivity contribution in [2.75, 3.05) is 0 Å². The lowest BCUT2D eigenvalue weighted by Gasteiger charge is -2.13. The van der Waals surface area contributed by atoms with Crippen molar-refractivity contribution in [1.29, 1.82) is 10.5 Å². The first-order valence-electron chi connectivity index (χ1n) is 4.50. The van der Waals surface area contributed by atoms with Crippen molar-refractivity contribution < 1.29 is 4.74 Å². The molecule has 1 aromatic carbocycles. The summed E-state index contributed by atoms with van der Waals surface area (Å²) in [5.41, 5.74) is 0.610. The van der Waals surface area contributed by atoms with Crippen LogP contribution in [0.2, 0.25) is 0 Å². The van der Waals surface area contributed by atoms with Crippen molar-refractivity contribution >= 4 is 31.9 Å². The van der Waals surface area contributed by atoms with Crippen molar-refractivity contribution in [3.05, 3.63) is 26.1 Å². The van der Waals surface area contributed by atoms with Crippen LogP contribution in [-0.2, 0) is 0 Å². The molecule has 3 nitrogen and oxygen atoms in total.